The second-order valence-electron chi connectivity index (χ2n) is 3.40. The molecule has 2 N–H and O–H groups in total. The predicted octanol–water partition coefficient (Wildman–Crippen LogP) is 0.983. The minimum atomic E-state index is -3.21. The summed E-state index contributed by atoms with van der Waals surface area (Å²) in [6.45, 7) is 0.143. The Morgan fingerprint density at radius 3 is 2.73 bits per heavy atom. The summed E-state index contributed by atoms with van der Waals surface area (Å²) in [6.07, 6.45) is 2.55. The number of aliphatic hydroxyl groups is 1. The molecule has 15 heavy (non-hydrogen) atoms. The lowest BCUT2D eigenvalue weighted by atomic mass is 10.1. The van der Waals surface area contributed by atoms with Crippen LogP contribution >= 0.6 is 0 Å². The van der Waals surface area contributed by atoms with Crippen molar-refractivity contribution in [1.82, 2.24) is 0 Å². The number of aliphatic hydroxyl groups excluding tert-OH is 1. The first kappa shape index (κ1) is 12.0. The standard InChI is InChI=1S/C10H15NO3S/c1-15(13,14)11-10-6-2-4-9(8-10)5-3-7-12/h2,4,6,8,11-12H,3,5,7H2,1H3. The van der Waals surface area contributed by atoms with Gasteiger partial charge in [-0.15, -0.1) is 0 Å². The van der Waals surface area contributed by atoms with E-state index in [2.05, 4.69) is 4.72 Å². The number of hydrogen-bond acceptors (Lipinski definition) is 3. The van der Waals surface area contributed by atoms with Crippen molar-refractivity contribution in [2.75, 3.05) is 17.6 Å². The van der Waals surface area contributed by atoms with Gasteiger partial charge in [-0.25, -0.2) is 8.42 Å². The van der Waals surface area contributed by atoms with E-state index < -0.39 is 10.0 Å². The molecule has 0 fully saturated rings. The highest BCUT2D eigenvalue weighted by atomic mass is 32.2. The van der Waals surface area contributed by atoms with E-state index in [1.807, 2.05) is 6.07 Å². The first-order valence-corrected chi connectivity index (χ1v) is 6.58. The number of rotatable bonds is 5. The summed E-state index contributed by atoms with van der Waals surface area (Å²) >= 11 is 0. The third kappa shape index (κ3) is 4.80. The van der Waals surface area contributed by atoms with Crippen LogP contribution in [0.25, 0.3) is 0 Å². The van der Waals surface area contributed by atoms with Gasteiger partial charge in [0, 0.05) is 12.3 Å². The van der Waals surface area contributed by atoms with Crippen LogP contribution in [-0.4, -0.2) is 26.4 Å². The Hall–Kier alpha value is -1.07. The van der Waals surface area contributed by atoms with Gasteiger partial charge in [-0.05, 0) is 30.5 Å². The molecule has 0 amide bonds. The molecule has 0 heterocycles. The smallest absolute Gasteiger partial charge is 0.229 e. The Balaban J connectivity index is 2.74. The second-order valence-corrected chi connectivity index (χ2v) is 5.15. The average Bonchev–Trinajstić information content (AvgIpc) is 2.12. The van der Waals surface area contributed by atoms with Crippen LogP contribution < -0.4 is 4.72 Å². The Labute approximate surface area is 90.0 Å². The molecular formula is C10H15NO3S. The number of nitrogens with one attached hydrogen (secondary N) is 1. The lowest BCUT2D eigenvalue weighted by molar-refractivity contribution is 0.288. The maximum Gasteiger partial charge on any atom is 0.229 e. The number of aryl methyl sites for hydroxylation is 1. The monoisotopic (exact) mass is 229 g/mol. The van der Waals surface area contributed by atoms with Crippen LogP contribution in [0.3, 0.4) is 0 Å². The van der Waals surface area contributed by atoms with Gasteiger partial charge in [0.15, 0.2) is 0 Å². The molecule has 0 saturated heterocycles. The van der Waals surface area contributed by atoms with E-state index in [-0.39, 0.29) is 6.61 Å². The molecule has 0 aliphatic carbocycles. The third-order valence-corrected chi connectivity index (χ3v) is 2.46. The molecule has 5 heteroatoms. The van der Waals surface area contributed by atoms with Crippen molar-refractivity contribution in [2.45, 2.75) is 12.8 Å². The zero-order valence-corrected chi connectivity index (χ0v) is 9.42. The molecule has 1 aromatic carbocycles. The number of anilines is 1. The van der Waals surface area contributed by atoms with Crippen molar-refractivity contribution in [3.63, 3.8) is 0 Å². The van der Waals surface area contributed by atoms with Gasteiger partial charge in [-0.3, -0.25) is 4.72 Å². The molecule has 0 radical (unpaired) electrons. The minimum absolute atomic E-state index is 0.143. The highest BCUT2D eigenvalue weighted by molar-refractivity contribution is 7.92. The van der Waals surface area contributed by atoms with Crippen LogP contribution in [0.1, 0.15) is 12.0 Å². The van der Waals surface area contributed by atoms with Gasteiger partial charge < -0.3 is 5.11 Å². The molecule has 0 aliphatic rings. The van der Waals surface area contributed by atoms with Crippen LogP contribution in [-0.2, 0) is 16.4 Å². The van der Waals surface area contributed by atoms with Gasteiger partial charge in [-0.1, -0.05) is 12.1 Å². The molecule has 0 spiro atoms. The van der Waals surface area contributed by atoms with E-state index in [0.717, 1.165) is 18.2 Å². The van der Waals surface area contributed by atoms with Gasteiger partial charge in [0.25, 0.3) is 0 Å². The second kappa shape index (κ2) is 5.14. The highest BCUT2D eigenvalue weighted by Gasteiger charge is 2.02. The van der Waals surface area contributed by atoms with E-state index in [1.165, 1.54) is 0 Å². The van der Waals surface area contributed by atoms with Crippen LogP contribution in [0.4, 0.5) is 5.69 Å². The number of benzene rings is 1. The lowest BCUT2D eigenvalue weighted by Gasteiger charge is -2.05. The van der Waals surface area contributed by atoms with E-state index >= 15 is 0 Å². The summed E-state index contributed by atoms with van der Waals surface area (Å²) in [7, 11) is -3.21. The Morgan fingerprint density at radius 1 is 1.40 bits per heavy atom. The van der Waals surface area contributed by atoms with Crippen LogP contribution in [0.15, 0.2) is 24.3 Å². The highest BCUT2D eigenvalue weighted by Crippen LogP contribution is 2.13. The third-order valence-electron chi connectivity index (χ3n) is 1.85. The molecule has 1 aromatic rings. The van der Waals surface area contributed by atoms with Crippen molar-refractivity contribution in [2.24, 2.45) is 0 Å². The van der Waals surface area contributed by atoms with Gasteiger partial charge in [-0.2, -0.15) is 0 Å². The molecule has 84 valence electrons. The average molecular weight is 229 g/mol. The molecule has 0 unspecified atom stereocenters. The van der Waals surface area contributed by atoms with Crippen molar-refractivity contribution >= 4 is 15.7 Å². The first-order valence-electron chi connectivity index (χ1n) is 4.69. The molecule has 0 aromatic heterocycles. The summed E-state index contributed by atoms with van der Waals surface area (Å²) in [5.41, 5.74) is 1.57. The van der Waals surface area contributed by atoms with Crippen LogP contribution in [0.5, 0.6) is 0 Å². The molecule has 0 bridgehead atoms. The van der Waals surface area contributed by atoms with E-state index in [1.54, 1.807) is 18.2 Å². The van der Waals surface area contributed by atoms with Crippen molar-refractivity contribution in [3.8, 4) is 0 Å². The largest absolute Gasteiger partial charge is 0.396 e. The Kier molecular flexibility index (Phi) is 4.11. The van der Waals surface area contributed by atoms with Gasteiger partial charge >= 0.3 is 0 Å². The molecule has 1 rings (SSSR count). The zero-order chi connectivity index (χ0) is 11.3. The summed E-state index contributed by atoms with van der Waals surface area (Å²) in [5, 5.41) is 8.67. The molecule has 4 nitrogen and oxygen atoms in total. The zero-order valence-electron chi connectivity index (χ0n) is 8.60. The molecule has 0 atom stereocenters. The molecule has 0 aliphatic heterocycles. The maximum absolute atomic E-state index is 11.0. The fraction of sp³-hybridized carbons (Fsp3) is 0.400. The SMILES string of the molecule is CS(=O)(=O)Nc1cccc(CCCO)c1. The van der Waals surface area contributed by atoms with Crippen molar-refractivity contribution < 1.29 is 13.5 Å². The predicted molar refractivity (Wildman–Crippen MR) is 60.3 cm³/mol. The fourth-order valence-corrected chi connectivity index (χ4v) is 1.84. The van der Waals surface area contributed by atoms with Crippen molar-refractivity contribution in [1.29, 1.82) is 0 Å². The summed E-state index contributed by atoms with van der Waals surface area (Å²) in [4.78, 5) is 0. The Bertz CT molecular complexity index is 414. The first-order chi connectivity index (χ1) is 7.01. The van der Waals surface area contributed by atoms with Crippen LogP contribution in [0, 0.1) is 0 Å². The van der Waals surface area contributed by atoms with Crippen molar-refractivity contribution in [3.05, 3.63) is 29.8 Å². The van der Waals surface area contributed by atoms with E-state index in [9.17, 15) is 8.42 Å². The normalized spacial score (nSPS) is 11.3. The van der Waals surface area contributed by atoms with E-state index in [4.69, 9.17) is 5.11 Å². The van der Waals surface area contributed by atoms with E-state index in [0.29, 0.717) is 12.1 Å². The number of hydrogen-bond donors (Lipinski definition) is 2. The topological polar surface area (TPSA) is 66.4 Å². The fourth-order valence-electron chi connectivity index (χ4n) is 1.29. The summed E-state index contributed by atoms with van der Waals surface area (Å²) in [6, 6.07) is 7.17. The van der Waals surface area contributed by atoms with Crippen LogP contribution in [0.2, 0.25) is 0 Å². The quantitative estimate of drug-likeness (QED) is 0.791. The summed E-state index contributed by atoms with van der Waals surface area (Å²) in [5.74, 6) is 0. The summed E-state index contributed by atoms with van der Waals surface area (Å²) < 4.78 is 24.4. The van der Waals surface area contributed by atoms with Gasteiger partial charge in [0.2, 0.25) is 10.0 Å². The minimum Gasteiger partial charge on any atom is -0.396 e. The Morgan fingerprint density at radius 2 is 2.13 bits per heavy atom. The maximum atomic E-state index is 11.0. The molecular weight excluding hydrogens is 214 g/mol. The lowest BCUT2D eigenvalue weighted by Crippen LogP contribution is -2.09. The number of sulfonamides is 1. The van der Waals surface area contributed by atoms with Gasteiger partial charge in [0.1, 0.15) is 0 Å². The van der Waals surface area contributed by atoms with Gasteiger partial charge in [0.05, 0.1) is 6.26 Å². The molecule has 0 saturated carbocycles.